The number of carbonyl (C=O) groups excluding carboxylic acids is 2. The van der Waals surface area contributed by atoms with E-state index in [4.69, 9.17) is 4.52 Å². The van der Waals surface area contributed by atoms with Gasteiger partial charge in [-0.3, -0.25) is 9.59 Å². The van der Waals surface area contributed by atoms with Crippen molar-refractivity contribution in [2.24, 2.45) is 5.92 Å². The lowest BCUT2D eigenvalue weighted by molar-refractivity contribution is -0.133. The highest BCUT2D eigenvalue weighted by Crippen LogP contribution is 2.29. The maximum atomic E-state index is 13.2. The number of aromatic nitrogens is 1. The van der Waals surface area contributed by atoms with Gasteiger partial charge in [-0.2, -0.15) is 0 Å². The zero-order chi connectivity index (χ0) is 24.6. The van der Waals surface area contributed by atoms with Crippen LogP contribution in [0.5, 0.6) is 0 Å². The molecule has 1 aliphatic rings. The van der Waals surface area contributed by atoms with Crippen LogP contribution in [0.25, 0.3) is 0 Å². The van der Waals surface area contributed by atoms with Gasteiger partial charge in [0, 0.05) is 30.0 Å². The number of rotatable bonds is 10. The summed E-state index contributed by atoms with van der Waals surface area (Å²) < 4.78 is 19.4. The first-order valence-electron chi connectivity index (χ1n) is 12.0. The van der Waals surface area contributed by atoms with Gasteiger partial charge < -0.3 is 14.7 Å². The highest BCUT2D eigenvalue weighted by molar-refractivity contribution is 9.10. The first-order chi connectivity index (χ1) is 17.0. The lowest BCUT2D eigenvalue weighted by atomic mass is 10.0. The Hall–Kier alpha value is -3.00. The van der Waals surface area contributed by atoms with Crippen molar-refractivity contribution in [2.45, 2.75) is 58.2 Å². The lowest BCUT2D eigenvalue weighted by Gasteiger charge is -2.22. The summed E-state index contributed by atoms with van der Waals surface area (Å²) in [6, 6.07) is 15.3. The monoisotopic (exact) mass is 541 g/mol. The van der Waals surface area contributed by atoms with Crippen molar-refractivity contribution in [1.82, 2.24) is 15.4 Å². The second-order valence-electron chi connectivity index (χ2n) is 9.06. The van der Waals surface area contributed by atoms with Crippen molar-refractivity contribution in [3.63, 3.8) is 0 Å². The van der Waals surface area contributed by atoms with Gasteiger partial charge in [0.25, 0.3) is 5.91 Å². The van der Waals surface area contributed by atoms with Gasteiger partial charge in [-0.15, -0.1) is 0 Å². The quantitative estimate of drug-likeness (QED) is 0.341. The van der Waals surface area contributed by atoms with E-state index in [1.165, 1.54) is 37.8 Å². The minimum atomic E-state index is -0.393. The molecule has 8 heteroatoms. The van der Waals surface area contributed by atoms with Crippen LogP contribution >= 0.6 is 15.9 Å². The molecule has 1 aliphatic carbocycles. The molecule has 0 unspecified atom stereocenters. The molecule has 184 valence electrons. The highest BCUT2D eigenvalue weighted by atomic mass is 79.9. The van der Waals surface area contributed by atoms with E-state index >= 15 is 0 Å². The summed E-state index contributed by atoms with van der Waals surface area (Å²) >= 11 is 3.49. The number of amides is 2. The summed E-state index contributed by atoms with van der Waals surface area (Å²) in [4.78, 5) is 27.4. The number of hydrogen-bond donors (Lipinski definition) is 1. The molecule has 1 saturated carbocycles. The second kappa shape index (κ2) is 12.1. The van der Waals surface area contributed by atoms with Gasteiger partial charge in [-0.05, 0) is 47.7 Å². The Morgan fingerprint density at radius 3 is 2.57 bits per heavy atom. The van der Waals surface area contributed by atoms with Crippen molar-refractivity contribution < 1.29 is 18.5 Å². The third-order valence-corrected chi connectivity index (χ3v) is 6.85. The van der Waals surface area contributed by atoms with E-state index in [0.29, 0.717) is 24.6 Å². The number of carbonyl (C=O) groups is 2. The Kier molecular flexibility index (Phi) is 8.69. The van der Waals surface area contributed by atoms with Gasteiger partial charge in [0.05, 0.1) is 6.54 Å². The summed E-state index contributed by atoms with van der Waals surface area (Å²) in [5.41, 5.74) is 1.92. The Bertz CT molecular complexity index is 1140. The van der Waals surface area contributed by atoms with Crippen LogP contribution in [0.15, 0.2) is 63.6 Å². The van der Waals surface area contributed by atoms with E-state index in [-0.39, 0.29) is 30.5 Å². The summed E-state index contributed by atoms with van der Waals surface area (Å²) in [6.45, 7) is 0.917. The first kappa shape index (κ1) is 25.1. The van der Waals surface area contributed by atoms with Gasteiger partial charge in [0.1, 0.15) is 5.82 Å². The number of nitrogens with one attached hydrogen (secondary N) is 1. The normalized spacial score (nSPS) is 13.7. The van der Waals surface area contributed by atoms with Crippen molar-refractivity contribution in [3.05, 3.63) is 87.5 Å². The SMILES string of the molecule is O=C(NCc1ccc(F)cc1)c1cc(CN(Cc2cccc(Br)c2)C(=O)CCC2CCCC2)on1. The van der Waals surface area contributed by atoms with Crippen LogP contribution in [0.1, 0.15) is 65.9 Å². The van der Waals surface area contributed by atoms with Crippen LogP contribution in [0.4, 0.5) is 4.39 Å². The average molecular weight is 542 g/mol. The molecule has 1 aromatic heterocycles. The fourth-order valence-corrected chi connectivity index (χ4v) is 4.88. The topological polar surface area (TPSA) is 75.4 Å². The van der Waals surface area contributed by atoms with E-state index in [0.717, 1.165) is 22.0 Å². The molecular formula is C27H29BrFN3O3. The molecule has 4 rings (SSSR count). The molecule has 6 nitrogen and oxygen atoms in total. The zero-order valence-electron chi connectivity index (χ0n) is 19.5. The number of hydrogen-bond acceptors (Lipinski definition) is 4. The van der Waals surface area contributed by atoms with Crippen LogP contribution in [0, 0.1) is 11.7 Å². The van der Waals surface area contributed by atoms with E-state index in [1.807, 2.05) is 24.3 Å². The molecule has 0 atom stereocenters. The molecule has 1 heterocycles. The van der Waals surface area contributed by atoms with Gasteiger partial charge in [-0.1, -0.05) is 71.0 Å². The number of halogens is 2. The minimum Gasteiger partial charge on any atom is -0.359 e. The van der Waals surface area contributed by atoms with Crippen molar-refractivity contribution in [1.29, 1.82) is 0 Å². The fraction of sp³-hybridized carbons (Fsp3) is 0.370. The Labute approximate surface area is 213 Å². The largest absolute Gasteiger partial charge is 0.359 e. The summed E-state index contributed by atoms with van der Waals surface area (Å²) in [6.07, 6.45) is 6.32. The van der Waals surface area contributed by atoms with E-state index in [1.54, 1.807) is 23.1 Å². The molecule has 1 fully saturated rings. The number of benzene rings is 2. The van der Waals surface area contributed by atoms with Gasteiger partial charge in [-0.25, -0.2) is 4.39 Å². The molecular weight excluding hydrogens is 513 g/mol. The van der Waals surface area contributed by atoms with Crippen molar-refractivity contribution >= 4 is 27.7 Å². The van der Waals surface area contributed by atoms with Crippen LogP contribution in [0.2, 0.25) is 0 Å². The van der Waals surface area contributed by atoms with Gasteiger partial charge >= 0.3 is 0 Å². The van der Waals surface area contributed by atoms with Crippen molar-refractivity contribution in [3.8, 4) is 0 Å². The van der Waals surface area contributed by atoms with E-state index in [2.05, 4.69) is 26.4 Å². The van der Waals surface area contributed by atoms with Crippen LogP contribution in [-0.2, 0) is 24.4 Å². The maximum Gasteiger partial charge on any atom is 0.273 e. The molecule has 2 aromatic carbocycles. The second-order valence-corrected chi connectivity index (χ2v) is 9.97. The maximum absolute atomic E-state index is 13.2. The third-order valence-electron chi connectivity index (χ3n) is 6.36. The van der Waals surface area contributed by atoms with E-state index in [9.17, 15) is 14.0 Å². The molecule has 0 radical (unpaired) electrons. The zero-order valence-corrected chi connectivity index (χ0v) is 21.1. The Balaban J connectivity index is 1.39. The lowest BCUT2D eigenvalue weighted by Crippen LogP contribution is -2.30. The molecule has 2 amide bonds. The standard InChI is InChI=1S/C27H29BrFN3O3/c28-22-7-3-6-21(14-22)17-32(26(33)13-10-19-4-1-2-5-19)18-24-15-25(31-35-24)27(34)30-16-20-8-11-23(29)12-9-20/h3,6-9,11-12,14-15,19H,1-2,4-5,10,13,16-18H2,(H,30,34). The number of nitrogens with zero attached hydrogens (tertiary/aromatic N) is 2. The molecule has 0 aliphatic heterocycles. The summed E-state index contributed by atoms with van der Waals surface area (Å²) in [5.74, 6) is 0.423. The fourth-order valence-electron chi connectivity index (χ4n) is 4.43. The van der Waals surface area contributed by atoms with Gasteiger partial charge in [0.2, 0.25) is 5.91 Å². The predicted molar refractivity (Wildman–Crippen MR) is 134 cm³/mol. The summed E-state index contributed by atoms with van der Waals surface area (Å²) in [7, 11) is 0. The highest BCUT2D eigenvalue weighted by Gasteiger charge is 2.22. The van der Waals surface area contributed by atoms with Crippen LogP contribution in [-0.4, -0.2) is 21.9 Å². The molecule has 3 aromatic rings. The van der Waals surface area contributed by atoms with Crippen molar-refractivity contribution in [2.75, 3.05) is 0 Å². The van der Waals surface area contributed by atoms with Crippen LogP contribution in [0.3, 0.4) is 0 Å². The first-order valence-corrected chi connectivity index (χ1v) is 12.8. The predicted octanol–water partition coefficient (Wildman–Crippen LogP) is 6.01. The Morgan fingerprint density at radius 2 is 1.83 bits per heavy atom. The van der Waals surface area contributed by atoms with Crippen LogP contribution < -0.4 is 5.32 Å². The Morgan fingerprint density at radius 1 is 1.06 bits per heavy atom. The average Bonchev–Trinajstić information content (AvgIpc) is 3.54. The molecule has 35 heavy (non-hydrogen) atoms. The molecule has 0 saturated heterocycles. The molecule has 1 N–H and O–H groups in total. The third kappa shape index (κ3) is 7.49. The smallest absolute Gasteiger partial charge is 0.273 e. The summed E-state index contributed by atoms with van der Waals surface area (Å²) in [5, 5.41) is 6.64. The van der Waals surface area contributed by atoms with E-state index < -0.39 is 5.91 Å². The minimum absolute atomic E-state index is 0.0654. The molecule has 0 spiro atoms. The molecule has 0 bridgehead atoms. The van der Waals surface area contributed by atoms with Gasteiger partial charge in [0.15, 0.2) is 11.5 Å².